The molecule has 5 heteroatoms. The summed E-state index contributed by atoms with van der Waals surface area (Å²) in [6.45, 7) is 0.356. The zero-order valence-corrected chi connectivity index (χ0v) is 11.1. The van der Waals surface area contributed by atoms with Crippen LogP contribution < -0.4 is 5.32 Å². The van der Waals surface area contributed by atoms with Gasteiger partial charge in [0.15, 0.2) is 0 Å². The molecule has 1 fully saturated rings. The first-order valence-electron chi connectivity index (χ1n) is 6.75. The number of carboxylic acid groups (broad SMARTS) is 1. The minimum atomic E-state index is -0.749. The summed E-state index contributed by atoms with van der Waals surface area (Å²) in [4.78, 5) is 11.0. The molecule has 0 spiro atoms. The van der Waals surface area contributed by atoms with Crippen LogP contribution in [0.1, 0.15) is 36.8 Å². The highest BCUT2D eigenvalue weighted by molar-refractivity contribution is 5.70. The Morgan fingerprint density at radius 1 is 1.50 bits per heavy atom. The zero-order valence-electron chi connectivity index (χ0n) is 11.1. The summed E-state index contributed by atoms with van der Waals surface area (Å²) in [5.41, 5.74) is 0.802. The Bertz CT molecular complexity index is 539. The average molecular weight is 276 g/mol. The molecule has 106 valence electrons. The van der Waals surface area contributed by atoms with E-state index in [-0.39, 0.29) is 12.0 Å². The van der Waals surface area contributed by atoms with Crippen molar-refractivity contribution in [1.29, 1.82) is 5.26 Å². The molecular weight excluding hydrogens is 259 g/mol. The van der Waals surface area contributed by atoms with E-state index in [2.05, 4.69) is 5.32 Å². The van der Waals surface area contributed by atoms with Gasteiger partial charge in [-0.2, -0.15) is 5.26 Å². The quantitative estimate of drug-likeness (QED) is 0.885. The summed E-state index contributed by atoms with van der Waals surface area (Å²) in [5, 5.41) is 20.9. The fourth-order valence-electron chi connectivity index (χ4n) is 2.61. The standard InChI is InChI=1S/C15H17FN2O2/c16-14-6-10(8-17)4-5-12(14)9-18-13-3-1-2-11(7-13)15(19)20/h4-6,11,13,18H,1-3,7,9H2,(H,19,20). The zero-order chi connectivity index (χ0) is 14.5. The van der Waals surface area contributed by atoms with Crippen molar-refractivity contribution in [3.05, 3.63) is 35.1 Å². The summed E-state index contributed by atoms with van der Waals surface area (Å²) in [5.74, 6) is -1.45. The monoisotopic (exact) mass is 276 g/mol. The van der Waals surface area contributed by atoms with Crippen molar-refractivity contribution in [2.24, 2.45) is 5.92 Å². The van der Waals surface area contributed by atoms with Crippen LogP contribution in [0.2, 0.25) is 0 Å². The number of aliphatic carboxylic acids is 1. The number of benzene rings is 1. The van der Waals surface area contributed by atoms with Gasteiger partial charge in [-0.1, -0.05) is 12.5 Å². The molecule has 2 N–H and O–H groups in total. The molecule has 0 bridgehead atoms. The molecule has 20 heavy (non-hydrogen) atoms. The van der Waals surface area contributed by atoms with Crippen LogP contribution in [0, 0.1) is 23.1 Å². The van der Waals surface area contributed by atoms with E-state index in [9.17, 15) is 9.18 Å². The highest BCUT2D eigenvalue weighted by Gasteiger charge is 2.26. The van der Waals surface area contributed by atoms with E-state index < -0.39 is 11.8 Å². The first kappa shape index (κ1) is 14.5. The van der Waals surface area contributed by atoms with Gasteiger partial charge in [-0.05, 0) is 31.4 Å². The van der Waals surface area contributed by atoms with Crippen molar-refractivity contribution in [2.75, 3.05) is 0 Å². The Hall–Kier alpha value is -1.93. The smallest absolute Gasteiger partial charge is 0.306 e. The normalized spacial score (nSPS) is 22.2. The molecule has 2 unspecified atom stereocenters. The van der Waals surface area contributed by atoms with Crippen LogP contribution >= 0.6 is 0 Å². The van der Waals surface area contributed by atoms with E-state index in [1.165, 1.54) is 6.07 Å². The first-order valence-corrected chi connectivity index (χ1v) is 6.75. The second-order valence-corrected chi connectivity index (χ2v) is 5.20. The lowest BCUT2D eigenvalue weighted by atomic mass is 9.86. The molecule has 4 nitrogen and oxygen atoms in total. The van der Waals surface area contributed by atoms with E-state index in [0.29, 0.717) is 24.1 Å². The van der Waals surface area contributed by atoms with E-state index >= 15 is 0 Å². The molecule has 0 radical (unpaired) electrons. The van der Waals surface area contributed by atoms with Crippen LogP contribution in [-0.2, 0) is 11.3 Å². The Kier molecular flexibility index (Phi) is 4.70. The van der Waals surface area contributed by atoms with Gasteiger partial charge in [0.05, 0.1) is 17.6 Å². The van der Waals surface area contributed by atoms with E-state index in [4.69, 9.17) is 10.4 Å². The van der Waals surface area contributed by atoms with E-state index in [0.717, 1.165) is 19.3 Å². The molecule has 1 aliphatic rings. The number of carbonyl (C=O) groups is 1. The fourth-order valence-corrected chi connectivity index (χ4v) is 2.61. The van der Waals surface area contributed by atoms with Crippen LogP contribution in [-0.4, -0.2) is 17.1 Å². The fraction of sp³-hybridized carbons (Fsp3) is 0.467. The summed E-state index contributed by atoms with van der Waals surface area (Å²) in [6, 6.07) is 6.40. The molecule has 0 saturated heterocycles. The van der Waals surface area contributed by atoms with Gasteiger partial charge in [0.2, 0.25) is 0 Å². The van der Waals surface area contributed by atoms with Gasteiger partial charge >= 0.3 is 5.97 Å². The minimum absolute atomic E-state index is 0.111. The second-order valence-electron chi connectivity index (χ2n) is 5.20. The van der Waals surface area contributed by atoms with Gasteiger partial charge in [0, 0.05) is 18.2 Å². The number of nitrogens with zero attached hydrogens (tertiary/aromatic N) is 1. The lowest BCUT2D eigenvalue weighted by molar-refractivity contribution is -0.143. The SMILES string of the molecule is N#Cc1ccc(CNC2CCCC(C(=O)O)C2)c(F)c1. The van der Waals surface area contributed by atoms with Crippen molar-refractivity contribution in [3.63, 3.8) is 0 Å². The van der Waals surface area contributed by atoms with Gasteiger partial charge in [0.25, 0.3) is 0 Å². The molecule has 0 aliphatic heterocycles. The van der Waals surface area contributed by atoms with Gasteiger partial charge in [-0.15, -0.1) is 0 Å². The molecule has 0 aromatic heterocycles. The molecule has 1 saturated carbocycles. The number of hydrogen-bond acceptors (Lipinski definition) is 3. The van der Waals surface area contributed by atoms with Crippen molar-refractivity contribution < 1.29 is 14.3 Å². The number of rotatable bonds is 4. The number of halogens is 1. The first-order chi connectivity index (χ1) is 9.60. The maximum absolute atomic E-state index is 13.7. The maximum atomic E-state index is 13.7. The van der Waals surface area contributed by atoms with Gasteiger partial charge in [-0.25, -0.2) is 4.39 Å². The molecule has 1 aliphatic carbocycles. The van der Waals surface area contributed by atoms with Crippen LogP contribution in [0.4, 0.5) is 4.39 Å². The number of nitriles is 1. The average Bonchev–Trinajstić information content (AvgIpc) is 2.46. The molecule has 2 rings (SSSR count). The number of hydrogen-bond donors (Lipinski definition) is 2. The second kappa shape index (κ2) is 6.49. The van der Waals surface area contributed by atoms with Crippen LogP contribution in [0.25, 0.3) is 0 Å². The third-order valence-corrected chi connectivity index (χ3v) is 3.79. The lowest BCUT2D eigenvalue weighted by Gasteiger charge is -2.27. The summed E-state index contributed by atoms with van der Waals surface area (Å²) in [6.07, 6.45) is 3.11. The Labute approximate surface area is 117 Å². The van der Waals surface area contributed by atoms with Gasteiger partial charge in [-0.3, -0.25) is 4.79 Å². The van der Waals surface area contributed by atoms with Crippen LogP contribution in [0.5, 0.6) is 0 Å². The van der Waals surface area contributed by atoms with Crippen molar-refractivity contribution in [3.8, 4) is 6.07 Å². The van der Waals surface area contributed by atoms with Crippen molar-refractivity contribution in [1.82, 2.24) is 5.32 Å². The lowest BCUT2D eigenvalue weighted by Crippen LogP contribution is -2.36. The van der Waals surface area contributed by atoms with E-state index in [1.54, 1.807) is 12.1 Å². The third-order valence-electron chi connectivity index (χ3n) is 3.79. The van der Waals surface area contributed by atoms with Crippen molar-refractivity contribution in [2.45, 2.75) is 38.3 Å². The van der Waals surface area contributed by atoms with Crippen LogP contribution in [0.15, 0.2) is 18.2 Å². The van der Waals surface area contributed by atoms with Gasteiger partial charge < -0.3 is 10.4 Å². The molecule has 1 aromatic rings. The van der Waals surface area contributed by atoms with Gasteiger partial charge in [0.1, 0.15) is 5.82 Å². The van der Waals surface area contributed by atoms with E-state index in [1.807, 2.05) is 6.07 Å². The highest BCUT2D eigenvalue weighted by Crippen LogP contribution is 2.24. The molecule has 0 heterocycles. The Morgan fingerprint density at radius 2 is 2.30 bits per heavy atom. The van der Waals surface area contributed by atoms with Crippen molar-refractivity contribution >= 4 is 5.97 Å². The predicted octanol–water partition coefficient (Wildman–Crippen LogP) is 2.43. The molecular formula is C15H17FN2O2. The van der Waals surface area contributed by atoms with Crippen LogP contribution in [0.3, 0.4) is 0 Å². The Morgan fingerprint density at radius 3 is 2.95 bits per heavy atom. The number of nitrogens with one attached hydrogen (secondary N) is 1. The molecule has 1 aromatic carbocycles. The highest BCUT2D eigenvalue weighted by atomic mass is 19.1. The topological polar surface area (TPSA) is 73.1 Å². The largest absolute Gasteiger partial charge is 0.481 e. The third kappa shape index (κ3) is 3.55. The minimum Gasteiger partial charge on any atom is -0.481 e. The number of carboxylic acids is 1. The molecule has 2 atom stereocenters. The predicted molar refractivity (Wildman–Crippen MR) is 71.3 cm³/mol. The summed E-state index contributed by atoms with van der Waals surface area (Å²) < 4.78 is 13.7. The Balaban J connectivity index is 1.92. The summed E-state index contributed by atoms with van der Waals surface area (Å²) in [7, 11) is 0. The maximum Gasteiger partial charge on any atom is 0.306 e. The summed E-state index contributed by atoms with van der Waals surface area (Å²) >= 11 is 0. The molecule has 0 amide bonds.